The van der Waals surface area contributed by atoms with Crippen molar-refractivity contribution in [2.24, 2.45) is 0 Å². The number of nitrogens with zero attached hydrogens (tertiary/aromatic N) is 1. The van der Waals surface area contributed by atoms with E-state index in [9.17, 15) is 79.4 Å². The number of alkyl halides is 13. The van der Waals surface area contributed by atoms with E-state index >= 15 is 17.6 Å². The zero-order chi connectivity index (χ0) is 33.1. The molecule has 2 unspecified atom stereocenters. The Balaban J connectivity index is 2.73. The summed E-state index contributed by atoms with van der Waals surface area (Å²) in [6, 6.07) is 0. The summed E-state index contributed by atoms with van der Waals surface area (Å²) in [6.45, 7) is 0. The summed E-state index contributed by atoms with van der Waals surface area (Å²) in [7, 11) is 0. The van der Waals surface area contributed by atoms with Gasteiger partial charge in [-0.25, -0.2) is 35.1 Å². The van der Waals surface area contributed by atoms with Gasteiger partial charge in [-0.15, -0.1) is 0 Å². The first-order valence-electron chi connectivity index (χ1n) is 9.62. The van der Waals surface area contributed by atoms with E-state index in [0.717, 1.165) is 0 Å². The number of carbonyl (C=O) groups is 1. The number of pyridine rings is 1. The fourth-order valence-corrected chi connectivity index (χ4v) is 3.88. The molecular weight excluding hydrogens is 657 g/mol. The lowest BCUT2D eigenvalue weighted by Crippen LogP contribution is -2.78. The number of Topliss-reactive ketones (excluding diaryl/α,β-unsaturated/α-hetero) is 1. The minimum atomic E-state index is -8.78. The Hall–Kier alpha value is -3.43. The van der Waals surface area contributed by atoms with Gasteiger partial charge in [-0.05, 0) is 0 Å². The summed E-state index contributed by atoms with van der Waals surface area (Å²) in [4.78, 5) is 13.9. The van der Waals surface area contributed by atoms with Crippen molar-refractivity contribution in [1.29, 1.82) is 0 Å². The SMILES string of the molecule is O=C1c2c(F)c(F)c(F)c(F)c2C(F)(c2c(F)c(F)nc(F)c2F)C(F)(F)C1(F)C(F)(F)C(F)(F)C(F)(F)C(F)(F)F. The van der Waals surface area contributed by atoms with E-state index < -0.39 is 110 Å². The number of hydrogen-bond acceptors (Lipinski definition) is 2. The second kappa shape index (κ2) is 8.80. The second-order valence-corrected chi connectivity index (χ2v) is 8.14. The maximum absolute atomic E-state index is 16.2. The Morgan fingerprint density at radius 1 is 0.524 bits per heavy atom. The van der Waals surface area contributed by atoms with Gasteiger partial charge in [0, 0.05) is 0 Å². The van der Waals surface area contributed by atoms with E-state index in [4.69, 9.17) is 0 Å². The van der Waals surface area contributed by atoms with Crippen LogP contribution in [0.1, 0.15) is 21.5 Å². The molecule has 0 fully saturated rings. The zero-order valence-corrected chi connectivity index (χ0v) is 18.3. The fraction of sp³-hybridized carbons (Fsp3) is 0.368. The highest BCUT2D eigenvalue weighted by Gasteiger charge is 2.95. The topological polar surface area (TPSA) is 30.0 Å². The van der Waals surface area contributed by atoms with Crippen LogP contribution in [0.5, 0.6) is 0 Å². The van der Waals surface area contributed by atoms with E-state index in [-0.39, 0.29) is 0 Å². The number of benzene rings is 1. The van der Waals surface area contributed by atoms with Gasteiger partial charge in [-0.2, -0.15) is 62.1 Å². The van der Waals surface area contributed by atoms with Gasteiger partial charge in [0.1, 0.15) is 0 Å². The molecule has 0 saturated carbocycles. The van der Waals surface area contributed by atoms with Gasteiger partial charge in [-0.3, -0.25) is 4.79 Å². The molecular formula is C19F21NO. The third-order valence-electron chi connectivity index (χ3n) is 5.94. The van der Waals surface area contributed by atoms with Crippen molar-refractivity contribution in [2.45, 2.75) is 41.2 Å². The molecule has 3 rings (SSSR count). The Morgan fingerprint density at radius 3 is 1.33 bits per heavy atom. The van der Waals surface area contributed by atoms with Crippen molar-refractivity contribution in [3.8, 4) is 0 Å². The smallest absolute Gasteiger partial charge is 0.290 e. The van der Waals surface area contributed by atoms with E-state index in [1.165, 1.54) is 0 Å². The molecule has 1 aromatic carbocycles. The first kappa shape index (κ1) is 33.1. The zero-order valence-electron chi connectivity index (χ0n) is 18.3. The largest absolute Gasteiger partial charge is 0.460 e. The number of halogens is 21. The van der Waals surface area contributed by atoms with Crippen molar-refractivity contribution in [3.05, 3.63) is 63.5 Å². The Kier molecular flexibility index (Phi) is 6.93. The van der Waals surface area contributed by atoms with Crippen LogP contribution >= 0.6 is 0 Å². The van der Waals surface area contributed by atoms with Gasteiger partial charge >= 0.3 is 35.5 Å². The van der Waals surface area contributed by atoms with Crippen LogP contribution in [0.25, 0.3) is 0 Å². The van der Waals surface area contributed by atoms with Crippen LogP contribution in [0.4, 0.5) is 92.2 Å². The van der Waals surface area contributed by atoms with Crippen molar-refractivity contribution < 1.29 is 97.0 Å². The average Bonchev–Trinajstić information content (AvgIpc) is 2.85. The summed E-state index contributed by atoms with van der Waals surface area (Å²) in [6.07, 6.45) is -7.99. The molecule has 1 aliphatic carbocycles. The van der Waals surface area contributed by atoms with Gasteiger partial charge in [0.2, 0.25) is 11.5 Å². The molecule has 2 aromatic rings. The molecule has 0 N–H and O–H groups in total. The molecule has 2 nitrogen and oxygen atoms in total. The number of carbonyl (C=O) groups excluding carboxylic acids is 1. The molecule has 1 heterocycles. The normalized spacial score (nSPS) is 23.3. The lowest BCUT2D eigenvalue weighted by Gasteiger charge is -2.50. The molecule has 234 valence electrons. The average molecular weight is 657 g/mol. The molecule has 0 aliphatic heterocycles. The highest BCUT2D eigenvalue weighted by Crippen LogP contribution is 2.68. The van der Waals surface area contributed by atoms with Gasteiger partial charge in [0.05, 0.1) is 16.7 Å². The number of ketones is 1. The van der Waals surface area contributed by atoms with Crippen molar-refractivity contribution >= 4 is 5.78 Å². The van der Waals surface area contributed by atoms with Crippen molar-refractivity contribution in [2.75, 3.05) is 0 Å². The predicted molar refractivity (Wildman–Crippen MR) is 86.2 cm³/mol. The van der Waals surface area contributed by atoms with E-state index in [1.54, 1.807) is 4.98 Å². The number of rotatable bonds is 4. The molecule has 0 saturated heterocycles. The van der Waals surface area contributed by atoms with E-state index in [0.29, 0.717) is 0 Å². The van der Waals surface area contributed by atoms with Crippen molar-refractivity contribution in [3.63, 3.8) is 0 Å². The molecule has 1 aromatic heterocycles. The molecule has 0 spiro atoms. The second-order valence-electron chi connectivity index (χ2n) is 8.14. The summed E-state index contributed by atoms with van der Waals surface area (Å²) in [5.41, 5.74) is -27.3. The number of hydrogen-bond donors (Lipinski definition) is 0. The highest BCUT2D eigenvalue weighted by molar-refractivity contribution is 6.08. The standard InChI is InChI=1S/C19F21NO/c20-4-1-2(5(21)9(25)8(4)24)13(28,3-6(22)11(26)41-12(27)7(3)23)15(30,31)14(29,10(1)42)16(32,33)17(34,35)18(36,37)19(38,39)40. The summed E-state index contributed by atoms with van der Waals surface area (Å²) < 4.78 is 296. The molecule has 1 aliphatic rings. The molecule has 0 bridgehead atoms. The highest BCUT2D eigenvalue weighted by atomic mass is 19.4. The summed E-state index contributed by atoms with van der Waals surface area (Å²) >= 11 is 0. The van der Waals surface area contributed by atoms with Gasteiger partial charge in [0.25, 0.3) is 11.9 Å². The lowest BCUT2D eigenvalue weighted by atomic mass is 9.63. The van der Waals surface area contributed by atoms with Gasteiger partial charge in [-0.1, -0.05) is 0 Å². The third-order valence-corrected chi connectivity index (χ3v) is 5.94. The lowest BCUT2D eigenvalue weighted by molar-refractivity contribution is -0.421. The van der Waals surface area contributed by atoms with Crippen LogP contribution in [-0.2, 0) is 5.67 Å². The first-order chi connectivity index (χ1) is 18.5. The molecule has 2 atom stereocenters. The van der Waals surface area contributed by atoms with E-state index in [1.807, 2.05) is 0 Å². The third kappa shape index (κ3) is 3.41. The van der Waals surface area contributed by atoms with Gasteiger partial charge in [0.15, 0.2) is 34.9 Å². The Morgan fingerprint density at radius 2 is 0.929 bits per heavy atom. The molecule has 0 radical (unpaired) electrons. The predicted octanol–water partition coefficient (Wildman–Crippen LogP) is 7.42. The number of aromatic nitrogens is 1. The maximum atomic E-state index is 16.2. The molecule has 42 heavy (non-hydrogen) atoms. The minimum absolute atomic E-state index is 1.58. The minimum Gasteiger partial charge on any atom is -0.290 e. The van der Waals surface area contributed by atoms with Crippen LogP contribution in [0.15, 0.2) is 0 Å². The monoisotopic (exact) mass is 657 g/mol. The van der Waals surface area contributed by atoms with Crippen molar-refractivity contribution in [1.82, 2.24) is 4.98 Å². The van der Waals surface area contributed by atoms with Crippen LogP contribution in [0.2, 0.25) is 0 Å². The van der Waals surface area contributed by atoms with Crippen LogP contribution < -0.4 is 0 Å². The Bertz CT molecular complexity index is 1490. The first-order valence-corrected chi connectivity index (χ1v) is 9.62. The quantitative estimate of drug-likeness (QED) is 0.148. The van der Waals surface area contributed by atoms with Crippen LogP contribution in [0, 0.1) is 46.8 Å². The summed E-state index contributed by atoms with van der Waals surface area (Å²) in [5, 5.41) is 0. The van der Waals surface area contributed by atoms with Crippen LogP contribution in [-0.4, -0.2) is 46.3 Å². The Labute approximate surface area is 213 Å². The fourth-order valence-electron chi connectivity index (χ4n) is 3.88. The molecule has 0 amide bonds. The molecule has 23 heteroatoms. The van der Waals surface area contributed by atoms with Crippen LogP contribution in [0.3, 0.4) is 0 Å². The maximum Gasteiger partial charge on any atom is 0.460 e. The number of fused-ring (bicyclic) bond motifs is 1. The van der Waals surface area contributed by atoms with Gasteiger partial charge < -0.3 is 0 Å². The summed E-state index contributed by atoms with van der Waals surface area (Å²) in [5.74, 6) is -68.3. The van der Waals surface area contributed by atoms with E-state index in [2.05, 4.69) is 0 Å².